The molecule has 10 rings (SSSR count). The van der Waals surface area contributed by atoms with E-state index in [0.29, 0.717) is 23.4 Å². The van der Waals surface area contributed by atoms with Gasteiger partial charge in [-0.3, -0.25) is 0 Å². The van der Waals surface area contributed by atoms with E-state index in [0.717, 1.165) is 55.0 Å². The van der Waals surface area contributed by atoms with Gasteiger partial charge in [0.1, 0.15) is 7.14 Å². The van der Waals surface area contributed by atoms with Crippen LogP contribution < -0.4 is 5.30 Å². The molecule has 2 aliphatic carbocycles. The van der Waals surface area contributed by atoms with Gasteiger partial charge in [0.2, 0.25) is 0 Å². The number of rotatable bonds is 7. The summed E-state index contributed by atoms with van der Waals surface area (Å²) in [5, 5.41) is 5.50. The molecule has 4 nitrogen and oxygen atoms in total. The van der Waals surface area contributed by atoms with E-state index in [1.54, 1.807) is 0 Å². The summed E-state index contributed by atoms with van der Waals surface area (Å²) in [6, 6.07) is 56.2. The lowest BCUT2D eigenvalue weighted by Gasteiger charge is -2.39. The van der Waals surface area contributed by atoms with Crippen LogP contribution in [0.25, 0.3) is 66.8 Å². The van der Waals surface area contributed by atoms with E-state index >= 15 is 0 Å². The Balaban J connectivity index is 1.06. The van der Waals surface area contributed by atoms with Crippen molar-refractivity contribution < 1.29 is 4.57 Å². The molecule has 3 unspecified atom stereocenters. The van der Waals surface area contributed by atoms with E-state index in [9.17, 15) is 4.57 Å². The Kier molecular flexibility index (Phi) is 8.15. The topological polar surface area (TPSA) is 55.7 Å². The van der Waals surface area contributed by atoms with Crippen LogP contribution in [0.1, 0.15) is 36.8 Å². The standard InChI is InChI=1S/C50H42N3OP/c1-55(2,54)43-28-21-35(22-29-43)34-17-24-40(25-18-34)50(32-33-16-23-42(50)30-33)41-26-19-37(20-27-41)48-51-47(36-10-4-3-5-11-36)52-49(53-48)46-44-14-8-6-12-38(44)31-39-13-7-9-15-45(39)46/h3-15,17-22,24-29,31,33,42H,16,23,30,32H2,1-2H3. The van der Waals surface area contributed by atoms with Crippen LogP contribution in [0, 0.1) is 11.8 Å². The average molecular weight is 732 g/mol. The number of benzene rings is 7. The van der Waals surface area contributed by atoms with Gasteiger partial charge in [0.05, 0.1) is 0 Å². The van der Waals surface area contributed by atoms with Gasteiger partial charge < -0.3 is 4.57 Å². The zero-order valence-electron chi connectivity index (χ0n) is 31.2. The zero-order valence-corrected chi connectivity index (χ0v) is 32.1. The molecule has 0 radical (unpaired) electrons. The molecule has 0 amide bonds. The molecule has 2 saturated carbocycles. The van der Waals surface area contributed by atoms with Crippen molar-refractivity contribution in [3.8, 4) is 45.3 Å². The summed E-state index contributed by atoms with van der Waals surface area (Å²) in [7, 11) is -2.29. The first-order valence-electron chi connectivity index (χ1n) is 19.4. The van der Waals surface area contributed by atoms with Crippen LogP contribution in [0.5, 0.6) is 0 Å². The fourth-order valence-corrected chi connectivity index (χ4v) is 10.5. The molecular weight excluding hydrogens is 690 g/mol. The predicted octanol–water partition coefficient (Wildman–Crippen LogP) is 12.2. The summed E-state index contributed by atoms with van der Waals surface area (Å²) in [4.78, 5) is 15.5. The van der Waals surface area contributed by atoms with Crippen molar-refractivity contribution in [1.82, 2.24) is 15.0 Å². The van der Waals surface area contributed by atoms with Crippen LogP contribution in [0.2, 0.25) is 0 Å². The van der Waals surface area contributed by atoms with E-state index in [-0.39, 0.29) is 5.41 Å². The molecule has 2 fully saturated rings. The van der Waals surface area contributed by atoms with Crippen LogP contribution in [0.4, 0.5) is 0 Å². The highest BCUT2D eigenvalue weighted by atomic mass is 31.2. The Labute approximate surface area is 322 Å². The third-order valence-electron chi connectivity index (χ3n) is 12.4. The van der Waals surface area contributed by atoms with Gasteiger partial charge >= 0.3 is 0 Å². The van der Waals surface area contributed by atoms with Crippen molar-refractivity contribution in [1.29, 1.82) is 0 Å². The third-order valence-corrected chi connectivity index (χ3v) is 13.9. The van der Waals surface area contributed by atoms with Gasteiger partial charge in [-0.05, 0) is 94.3 Å². The van der Waals surface area contributed by atoms with Crippen LogP contribution in [-0.2, 0) is 9.98 Å². The molecule has 55 heavy (non-hydrogen) atoms. The van der Waals surface area contributed by atoms with Crippen LogP contribution in [0.15, 0.2) is 158 Å². The fraction of sp³-hybridized carbons (Fsp3) is 0.180. The average Bonchev–Trinajstić information content (AvgIpc) is 3.86. The molecule has 0 aliphatic heterocycles. The molecule has 7 aromatic carbocycles. The highest BCUT2D eigenvalue weighted by Crippen LogP contribution is 2.60. The molecule has 5 heteroatoms. The van der Waals surface area contributed by atoms with Gasteiger partial charge in [-0.15, -0.1) is 0 Å². The number of nitrogens with zero attached hydrogens (tertiary/aromatic N) is 3. The van der Waals surface area contributed by atoms with Crippen LogP contribution in [-0.4, -0.2) is 28.3 Å². The monoisotopic (exact) mass is 731 g/mol. The largest absolute Gasteiger partial charge is 0.319 e. The van der Waals surface area contributed by atoms with Gasteiger partial charge in [0.15, 0.2) is 17.5 Å². The minimum Gasteiger partial charge on any atom is -0.319 e. The Hall–Kier alpha value is -5.70. The Bertz CT molecular complexity index is 2700. The number of fused-ring (bicyclic) bond motifs is 4. The lowest BCUT2D eigenvalue weighted by Crippen LogP contribution is -2.34. The van der Waals surface area contributed by atoms with E-state index in [2.05, 4.69) is 127 Å². The normalized spacial score (nSPS) is 19.3. The van der Waals surface area contributed by atoms with Crippen molar-refractivity contribution in [3.05, 3.63) is 169 Å². The van der Waals surface area contributed by atoms with Crippen molar-refractivity contribution in [2.75, 3.05) is 13.3 Å². The minimum absolute atomic E-state index is 0.0256. The lowest BCUT2D eigenvalue weighted by molar-refractivity contribution is 0.320. The maximum absolute atomic E-state index is 12.6. The van der Waals surface area contributed by atoms with Crippen molar-refractivity contribution in [2.24, 2.45) is 11.8 Å². The maximum Gasteiger partial charge on any atom is 0.165 e. The minimum atomic E-state index is -2.29. The van der Waals surface area contributed by atoms with Gasteiger partial charge in [-0.1, -0.05) is 158 Å². The number of aromatic nitrogens is 3. The second kappa shape index (κ2) is 13.3. The molecule has 0 saturated heterocycles. The molecule has 268 valence electrons. The quantitative estimate of drug-likeness (QED) is 0.121. The first kappa shape index (κ1) is 33.8. The summed E-state index contributed by atoms with van der Waals surface area (Å²) >= 11 is 0. The van der Waals surface area contributed by atoms with E-state index < -0.39 is 7.14 Å². The Morgan fingerprint density at radius 1 is 0.527 bits per heavy atom. The summed E-state index contributed by atoms with van der Waals surface area (Å²) < 4.78 is 12.6. The van der Waals surface area contributed by atoms with Gasteiger partial charge in [0.25, 0.3) is 0 Å². The maximum atomic E-state index is 12.6. The van der Waals surface area contributed by atoms with E-state index in [4.69, 9.17) is 15.0 Å². The van der Waals surface area contributed by atoms with Gasteiger partial charge in [0, 0.05) is 27.4 Å². The number of hydrogen-bond acceptors (Lipinski definition) is 4. The summed E-state index contributed by atoms with van der Waals surface area (Å²) in [5.41, 5.74) is 8.06. The third kappa shape index (κ3) is 5.92. The van der Waals surface area contributed by atoms with Crippen molar-refractivity contribution in [2.45, 2.75) is 31.1 Å². The fourth-order valence-electron chi connectivity index (χ4n) is 9.68. The highest BCUT2D eigenvalue weighted by Gasteiger charge is 2.52. The Morgan fingerprint density at radius 2 is 1.02 bits per heavy atom. The molecular formula is C50H42N3OP. The van der Waals surface area contributed by atoms with Crippen molar-refractivity contribution >= 4 is 34.0 Å². The molecule has 2 bridgehead atoms. The van der Waals surface area contributed by atoms with Gasteiger partial charge in [-0.2, -0.15) is 0 Å². The molecule has 0 spiro atoms. The SMILES string of the molecule is CP(C)(=O)c1ccc(-c2ccc(C3(c4ccc(-c5nc(-c6ccccc6)nc(-c6c7ccccc7cc7ccccc67)n5)cc4)CC4CCC3C4)cc2)cc1. The zero-order chi connectivity index (χ0) is 37.1. The van der Waals surface area contributed by atoms with Crippen molar-refractivity contribution in [3.63, 3.8) is 0 Å². The van der Waals surface area contributed by atoms with E-state index in [1.807, 2.05) is 43.7 Å². The highest BCUT2D eigenvalue weighted by molar-refractivity contribution is 7.70. The molecule has 2 aliphatic rings. The smallest absolute Gasteiger partial charge is 0.165 e. The molecule has 8 aromatic rings. The lowest BCUT2D eigenvalue weighted by atomic mass is 9.64. The summed E-state index contributed by atoms with van der Waals surface area (Å²) in [6.45, 7) is 3.66. The summed E-state index contributed by atoms with van der Waals surface area (Å²) in [6.07, 6.45) is 5.05. The second-order valence-electron chi connectivity index (χ2n) is 16.0. The van der Waals surface area contributed by atoms with E-state index in [1.165, 1.54) is 42.4 Å². The first-order chi connectivity index (χ1) is 26.8. The molecule has 1 aromatic heterocycles. The molecule has 1 heterocycles. The Morgan fingerprint density at radius 3 is 1.55 bits per heavy atom. The number of hydrogen-bond donors (Lipinski definition) is 0. The first-order valence-corrected chi connectivity index (χ1v) is 22.0. The van der Waals surface area contributed by atoms with Crippen LogP contribution >= 0.6 is 7.14 Å². The van der Waals surface area contributed by atoms with Crippen LogP contribution in [0.3, 0.4) is 0 Å². The second-order valence-corrected chi connectivity index (χ2v) is 19.2. The molecule has 0 N–H and O–H groups in total. The molecule has 3 atom stereocenters. The summed E-state index contributed by atoms with van der Waals surface area (Å²) in [5.74, 6) is 3.39. The predicted molar refractivity (Wildman–Crippen MR) is 228 cm³/mol. The van der Waals surface area contributed by atoms with Gasteiger partial charge in [-0.25, -0.2) is 15.0 Å².